The van der Waals surface area contributed by atoms with E-state index < -0.39 is 0 Å². The van der Waals surface area contributed by atoms with Gasteiger partial charge in [0.1, 0.15) is 16.7 Å². The van der Waals surface area contributed by atoms with Gasteiger partial charge in [0.15, 0.2) is 0 Å². The summed E-state index contributed by atoms with van der Waals surface area (Å²) in [6, 6.07) is 5.45. The molecule has 1 aliphatic rings. The van der Waals surface area contributed by atoms with Crippen LogP contribution in [0, 0.1) is 0 Å². The van der Waals surface area contributed by atoms with Gasteiger partial charge in [0, 0.05) is 25.8 Å². The van der Waals surface area contributed by atoms with Crippen molar-refractivity contribution in [3.05, 3.63) is 45.8 Å². The second-order valence-electron chi connectivity index (χ2n) is 5.60. The summed E-state index contributed by atoms with van der Waals surface area (Å²) < 4.78 is 0. The van der Waals surface area contributed by atoms with Crippen molar-refractivity contribution in [3.8, 4) is 0 Å². The third-order valence-corrected chi connectivity index (χ3v) is 4.61. The van der Waals surface area contributed by atoms with E-state index in [4.69, 9.17) is 23.2 Å². The maximum Gasteiger partial charge on any atom is 0.268 e. The van der Waals surface area contributed by atoms with Crippen LogP contribution in [0.4, 0.5) is 5.82 Å². The normalized spacial score (nSPS) is 14.8. The van der Waals surface area contributed by atoms with Gasteiger partial charge < -0.3 is 15.2 Å². The number of aromatic amines is 1. The van der Waals surface area contributed by atoms with E-state index in [2.05, 4.69) is 20.2 Å². The topological polar surface area (TPSA) is 61.0 Å². The first-order valence-electron chi connectivity index (χ1n) is 7.65. The molecule has 3 heterocycles. The lowest BCUT2D eigenvalue weighted by atomic mass is 10.1. The van der Waals surface area contributed by atoms with E-state index in [0.717, 1.165) is 24.5 Å². The van der Waals surface area contributed by atoms with Crippen LogP contribution in [-0.2, 0) is 6.54 Å². The van der Waals surface area contributed by atoms with E-state index >= 15 is 0 Å². The molecule has 122 valence electrons. The van der Waals surface area contributed by atoms with Gasteiger partial charge in [-0.25, -0.2) is 4.98 Å². The van der Waals surface area contributed by atoms with Crippen molar-refractivity contribution in [3.63, 3.8) is 0 Å². The number of nitrogens with zero attached hydrogens (tertiary/aromatic N) is 2. The molecule has 1 fully saturated rings. The predicted octanol–water partition coefficient (Wildman–Crippen LogP) is 3.64. The molecule has 5 nitrogen and oxygen atoms in total. The minimum absolute atomic E-state index is 0.241. The van der Waals surface area contributed by atoms with Crippen molar-refractivity contribution in [1.82, 2.24) is 15.3 Å². The summed E-state index contributed by atoms with van der Waals surface area (Å²) in [5, 5.41) is 3.46. The molecule has 2 N–H and O–H groups in total. The number of pyridine rings is 1. The fourth-order valence-electron chi connectivity index (χ4n) is 2.67. The van der Waals surface area contributed by atoms with E-state index in [-0.39, 0.29) is 11.1 Å². The van der Waals surface area contributed by atoms with E-state index in [0.29, 0.717) is 17.3 Å². The van der Waals surface area contributed by atoms with Crippen molar-refractivity contribution in [2.24, 2.45) is 0 Å². The SMILES string of the molecule is O=C(NCc1ccnc(N2CCCCC2)c1)c1cc(Cl)c(Cl)[nH]1. The molecular formula is C16H18Cl2N4O. The monoisotopic (exact) mass is 352 g/mol. The Labute approximate surface area is 145 Å². The van der Waals surface area contributed by atoms with Crippen molar-refractivity contribution in [1.29, 1.82) is 0 Å². The van der Waals surface area contributed by atoms with E-state index in [1.165, 1.54) is 25.3 Å². The molecule has 0 unspecified atom stereocenters. The lowest BCUT2D eigenvalue weighted by molar-refractivity contribution is 0.0946. The smallest absolute Gasteiger partial charge is 0.268 e. The number of carbonyl (C=O) groups excluding carboxylic acids is 1. The number of amides is 1. The molecule has 0 radical (unpaired) electrons. The number of nitrogens with one attached hydrogen (secondary N) is 2. The molecule has 0 saturated carbocycles. The fourth-order valence-corrected chi connectivity index (χ4v) is 2.98. The molecule has 7 heteroatoms. The van der Waals surface area contributed by atoms with Crippen molar-refractivity contribution >= 4 is 34.9 Å². The third-order valence-electron chi connectivity index (χ3n) is 3.91. The molecule has 1 amide bonds. The predicted molar refractivity (Wildman–Crippen MR) is 92.3 cm³/mol. The maximum atomic E-state index is 12.1. The van der Waals surface area contributed by atoms with Gasteiger partial charge in [-0.15, -0.1) is 0 Å². The first-order valence-corrected chi connectivity index (χ1v) is 8.41. The Hall–Kier alpha value is -1.72. The average molecular weight is 353 g/mol. The number of carbonyl (C=O) groups is 1. The minimum atomic E-state index is -0.241. The summed E-state index contributed by atoms with van der Waals surface area (Å²) in [6.45, 7) is 2.51. The van der Waals surface area contributed by atoms with Crippen molar-refractivity contribution < 1.29 is 4.79 Å². The van der Waals surface area contributed by atoms with Gasteiger partial charge in [-0.1, -0.05) is 23.2 Å². The number of hydrogen-bond acceptors (Lipinski definition) is 3. The van der Waals surface area contributed by atoms with Gasteiger partial charge in [-0.05, 0) is 43.0 Å². The van der Waals surface area contributed by atoms with E-state index in [1.807, 2.05) is 12.1 Å². The molecule has 2 aromatic rings. The summed E-state index contributed by atoms with van der Waals surface area (Å²) in [5.74, 6) is 0.734. The minimum Gasteiger partial charge on any atom is -0.357 e. The highest BCUT2D eigenvalue weighted by atomic mass is 35.5. The molecule has 1 saturated heterocycles. The zero-order valence-electron chi connectivity index (χ0n) is 12.6. The zero-order valence-corrected chi connectivity index (χ0v) is 14.1. The largest absolute Gasteiger partial charge is 0.357 e. The summed E-state index contributed by atoms with van der Waals surface area (Å²) in [6.07, 6.45) is 5.48. The average Bonchev–Trinajstić information content (AvgIpc) is 2.93. The molecule has 0 bridgehead atoms. The van der Waals surface area contributed by atoms with Crippen LogP contribution in [0.25, 0.3) is 0 Å². The van der Waals surface area contributed by atoms with Crippen LogP contribution in [0.15, 0.2) is 24.4 Å². The van der Waals surface area contributed by atoms with Gasteiger partial charge in [-0.3, -0.25) is 4.79 Å². The number of halogens is 2. The quantitative estimate of drug-likeness (QED) is 0.882. The van der Waals surface area contributed by atoms with Gasteiger partial charge in [0.05, 0.1) is 5.02 Å². The fraction of sp³-hybridized carbons (Fsp3) is 0.375. The number of anilines is 1. The second-order valence-corrected chi connectivity index (χ2v) is 6.38. The van der Waals surface area contributed by atoms with Crippen LogP contribution in [0.2, 0.25) is 10.2 Å². The standard InChI is InChI=1S/C16H18Cl2N4O/c17-12-9-13(21-15(12)18)16(23)20-10-11-4-5-19-14(8-11)22-6-2-1-3-7-22/h4-5,8-9,21H,1-3,6-7,10H2,(H,20,23). The molecule has 3 rings (SSSR count). The third kappa shape index (κ3) is 3.98. The van der Waals surface area contributed by atoms with E-state index in [9.17, 15) is 4.79 Å². The Balaban J connectivity index is 1.62. The Bertz CT molecular complexity index is 676. The Morgan fingerprint density at radius 3 is 2.74 bits per heavy atom. The summed E-state index contributed by atoms with van der Waals surface area (Å²) in [5.41, 5.74) is 1.36. The molecule has 0 aliphatic carbocycles. The van der Waals surface area contributed by atoms with Gasteiger partial charge in [0.2, 0.25) is 0 Å². The van der Waals surface area contributed by atoms with Crippen molar-refractivity contribution in [2.75, 3.05) is 18.0 Å². The van der Waals surface area contributed by atoms with Crippen LogP contribution >= 0.6 is 23.2 Å². The zero-order chi connectivity index (χ0) is 16.2. The molecule has 0 spiro atoms. The summed E-state index contributed by atoms with van der Waals surface area (Å²) in [7, 11) is 0. The number of H-pyrrole nitrogens is 1. The van der Waals surface area contributed by atoms with Crippen LogP contribution in [-0.4, -0.2) is 29.0 Å². The number of piperidine rings is 1. The Kier molecular flexibility index (Phi) is 5.08. The lowest BCUT2D eigenvalue weighted by Crippen LogP contribution is -2.30. The first-order chi connectivity index (χ1) is 11.1. The molecular weight excluding hydrogens is 335 g/mol. The highest BCUT2D eigenvalue weighted by molar-refractivity contribution is 6.41. The molecule has 0 aromatic carbocycles. The highest BCUT2D eigenvalue weighted by Crippen LogP contribution is 2.22. The lowest BCUT2D eigenvalue weighted by Gasteiger charge is -2.27. The van der Waals surface area contributed by atoms with Crippen LogP contribution < -0.4 is 10.2 Å². The Morgan fingerprint density at radius 2 is 2.04 bits per heavy atom. The van der Waals surface area contributed by atoms with E-state index in [1.54, 1.807) is 6.20 Å². The number of hydrogen-bond donors (Lipinski definition) is 2. The number of aromatic nitrogens is 2. The van der Waals surface area contributed by atoms with Gasteiger partial charge >= 0.3 is 0 Å². The van der Waals surface area contributed by atoms with Gasteiger partial charge in [-0.2, -0.15) is 0 Å². The molecule has 1 aliphatic heterocycles. The second kappa shape index (κ2) is 7.23. The molecule has 23 heavy (non-hydrogen) atoms. The van der Waals surface area contributed by atoms with Crippen LogP contribution in [0.1, 0.15) is 35.3 Å². The summed E-state index contributed by atoms with van der Waals surface area (Å²) in [4.78, 5) is 21.6. The van der Waals surface area contributed by atoms with Crippen LogP contribution in [0.5, 0.6) is 0 Å². The molecule has 0 atom stereocenters. The Morgan fingerprint density at radius 1 is 1.26 bits per heavy atom. The van der Waals surface area contributed by atoms with Crippen molar-refractivity contribution in [2.45, 2.75) is 25.8 Å². The highest BCUT2D eigenvalue weighted by Gasteiger charge is 2.14. The maximum absolute atomic E-state index is 12.1. The number of rotatable bonds is 4. The first kappa shape index (κ1) is 16.1. The molecule has 2 aromatic heterocycles. The van der Waals surface area contributed by atoms with Crippen LogP contribution in [0.3, 0.4) is 0 Å². The summed E-state index contributed by atoms with van der Waals surface area (Å²) >= 11 is 11.7. The van der Waals surface area contributed by atoms with Gasteiger partial charge in [0.25, 0.3) is 5.91 Å².